The van der Waals surface area contributed by atoms with Gasteiger partial charge in [0.2, 0.25) is 0 Å². The van der Waals surface area contributed by atoms with E-state index in [2.05, 4.69) is 110 Å². The maximum atomic E-state index is 13.0. The Labute approximate surface area is 467 Å². The van der Waals surface area contributed by atoms with Crippen molar-refractivity contribution in [1.82, 2.24) is 19.9 Å². The average Bonchev–Trinajstić information content (AvgIpc) is 4.08. The number of carbonyl (C=O) groups is 4. The molecule has 0 amide bonds. The van der Waals surface area contributed by atoms with Crippen LogP contribution in [0.3, 0.4) is 0 Å². The fraction of sp³-hybridized carbons (Fsp3) is 0.355. The van der Waals surface area contributed by atoms with Gasteiger partial charge >= 0.3 is 43.4 Å². The predicted molar refractivity (Wildman–Crippen MR) is 304 cm³/mol. The molecule has 7 rings (SSSR count). The molecule has 1 aliphatic rings. The van der Waals surface area contributed by atoms with E-state index in [1.54, 1.807) is 0 Å². The van der Waals surface area contributed by atoms with Crippen molar-refractivity contribution in [1.29, 1.82) is 0 Å². The van der Waals surface area contributed by atoms with Gasteiger partial charge in [-0.1, -0.05) is 110 Å². The second-order valence-electron chi connectivity index (χ2n) is 21.4. The number of hydrogen-bond donors (Lipinski definition) is 2. The summed E-state index contributed by atoms with van der Waals surface area (Å²) in [5.41, 5.74) is 21.8. The smallest absolute Gasteiger partial charge is 0.657 e. The molecule has 0 aliphatic carbocycles. The van der Waals surface area contributed by atoms with E-state index >= 15 is 0 Å². The summed E-state index contributed by atoms with van der Waals surface area (Å²) in [6, 6.07) is 16.4. The van der Waals surface area contributed by atoms with Crippen LogP contribution >= 0.6 is 0 Å². The summed E-state index contributed by atoms with van der Waals surface area (Å²) in [6.45, 7) is 21.5. The van der Waals surface area contributed by atoms with Gasteiger partial charge in [0, 0.05) is 58.2 Å². The Balaban J connectivity index is 0.00000961. The summed E-state index contributed by atoms with van der Waals surface area (Å²) in [4.78, 5) is 70.9. The number of methoxy groups -OCH3 is 4. The van der Waals surface area contributed by atoms with Gasteiger partial charge in [-0.2, -0.15) is 0 Å². The third-order valence-corrected chi connectivity index (χ3v) is 15.5. The second kappa shape index (κ2) is 25.1. The quantitative estimate of drug-likeness (QED) is 0.0511. The molecule has 0 spiro atoms. The summed E-state index contributed by atoms with van der Waals surface area (Å²) in [5, 5.41) is 3.02. The number of benzene rings is 2. The number of rotatable bonds is 14. The van der Waals surface area contributed by atoms with Crippen LogP contribution in [0.5, 0.6) is 0 Å². The van der Waals surface area contributed by atoms with Crippen molar-refractivity contribution in [3.05, 3.63) is 159 Å². The van der Waals surface area contributed by atoms with Crippen LogP contribution in [0, 0.1) is 50.6 Å². The van der Waals surface area contributed by atoms with Crippen molar-refractivity contribution in [2.45, 2.75) is 118 Å². The Morgan fingerprint density at radius 3 is 1.13 bits per heavy atom. The molecule has 2 aromatic carbocycles. The number of carbonyl (C=O) groups excluding carboxylic acids is 4. The fourth-order valence-electron chi connectivity index (χ4n) is 9.69. The van der Waals surface area contributed by atoms with Gasteiger partial charge in [0.1, 0.15) is 16.1 Å². The number of H-pyrrole nitrogens is 2. The molecule has 15 heteroatoms. The molecule has 6 aromatic rings. The topological polar surface area (TPSA) is 165 Å². The van der Waals surface area contributed by atoms with Gasteiger partial charge < -0.3 is 38.9 Å². The summed E-state index contributed by atoms with van der Waals surface area (Å²) in [7, 11) is 2.04. The van der Waals surface area contributed by atoms with Gasteiger partial charge in [-0.3, -0.25) is 19.2 Å². The van der Waals surface area contributed by atoms with Crippen LogP contribution in [-0.4, -0.2) is 78.4 Å². The molecule has 0 unspecified atom stereocenters. The predicted octanol–water partition coefficient (Wildman–Crippen LogP) is 6.83. The zero-order valence-corrected chi connectivity index (χ0v) is 52.3. The summed E-state index contributed by atoms with van der Waals surface area (Å²) in [5.74, 6) is 5.53. The van der Waals surface area contributed by atoms with Gasteiger partial charge in [-0.25, -0.2) is 0 Å². The minimum Gasteiger partial charge on any atom is -0.657 e. The van der Waals surface area contributed by atoms with Gasteiger partial charge in [0.25, 0.3) is 0 Å². The van der Waals surface area contributed by atoms with Crippen LogP contribution in [0.2, 0.25) is 39.3 Å². The zero-order valence-electron chi connectivity index (χ0n) is 47.3. The molecule has 4 aromatic heterocycles. The third-order valence-electron chi connectivity index (χ3n) is 13.8. The maximum Gasteiger partial charge on any atom is 2.00 e. The van der Waals surface area contributed by atoms with Crippen molar-refractivity contribution in [3.63, 3.8) is 0 Å². The monoisotopic (exact) mass is 1120 g/mol. The Morgan fingerprint density at radius 1 is 0.494 bits per heavy atom. The van der Waals surface area contributed by atoms with Crippen molar-refractivity contribution in [3.8, 4) is 22.9 Å². The first kappa shape index (κ1) is 59.3. The molecule has 0 saturated heterocycles. The summed E-state index contributed by atoms with van der Waals surface area (Å²) < 4.78 is 20.8. The first-order valence-electron chi connectivity index (χ1n) is 25.8. The number of aromatic amines is 2. The Bertz CT molecular complexity index is 3430. The minimum atomic E-state index is -1.76. The number of esters is 4. The molecule has 0 radical (unpaired) electrons. The van der Waals surface area contributed by atoms with Crippen molar-refractivity contribution in [2.24, 2.45) is 0 Å². The summed E-state index contributed by atoms with van der Waals surface area (Å²) >= 11 is 0. The number of aromatic nitrogens is 4. The number of hydrogen-bond acceptors (Lipinski definition) is 8. The van der Waals surface area contributed by atoms with Crippen LogP contribution in [0.25, 0.3) is 23.3 Å². The third kappa shape index (κ3) is 14.0. The molecule has 1 aliphatic heterocycles. The van der Waals surface area contributed by atoms with E-state index in [9.17, 15) is 19.2 Å². The molecule has 396 valence electrons. The molecule has 12 nitrogen and oxygen atoms in total. The molecule has 0 fully saturated rings. The van der Waals surface area contributed by atoms with Gasteiger partial charge in [0.05, 0.1) is 28.4 Å². The molecule has 0 saturated carbocycles. The van der Waals surface area contributed by atoms with Gasteiger partial charge in [0.15, 0.2) is 0 Å². The first-order valence-corrected chi connectivity index (χ1v) is 32.8. The minimum absolute atomic E-state index is 0. The van der Waals surface area contributed by atoms with E-state index in [1.165, 1.54) is 28.4 Å². The largest absolute Gasteiger partial charge is 2.00 e. The number of nitrogens with one attached hydrogen (secondary N) is 2. The fourth-order valence-corrected chi connectivity index (χ4v) is 10.7. The van der Waals surface area contributed by atoms with E-state index in [4.69, 9.17) is 28.9 Å². The van der Waals surface area contributed by atoms with Gasteiger partial charge in [-0.15, -0.1) is 33.9 Å². The molecule has 8 bridgehead atoms. The van der Waals surface area contributed by atoms with E-state index in [1.807, 2.05) is 50.3 Å². The van der Waals surface area contributed by atoms with E-state index in [0.717, 1.165) is 99.3 Å². The number of nitrogens with zero attached hydrogens (tertiary/aromatic N) is 2. The normalized spacial score (nSPS) is 14.3. The van der Waals surface area contributed by atoms with Crippen molar-refractivity contribution < 1.29 is 57.6 Å². The SMILES string of the molecule is COC(=O)CCc1c2[n-]c(c1C)/C(c1cccc(C#C[Si](C)(C)C)c1)=c1\[nH]/c(c(CCC(=O)OC)c1C)=C\c1[n-]c(c(C)c1CCC(=O)OC)/C(c1cccc(C#C[Si](C)(C)C)c1)=c1\[nH]/c(c(CCC(=O)OC)c1C)=C\2.[Zn+2]. The molecule has 77 heavy (non-hydrogen) atoms. The van der Waals surface area contributed by atoms with Crippen LogP contribution < -0.4 is 31.4 Å². The van der Waals surface area contributed by atoms with Gasteiger partial charge in [-0.05, 0) is 122 Å². The number of fused-ring (bicyclic) bond motifs is 8. The Morgan fingerprint density at radius 2 is 0.818 bits per heavy atom. The van der Waals surface area contributed by atoms with Crippen LogP contribution in [0.4, 0.5) is 0 Å². The van der Waals surface area contributed by atoms with Crippen molar-refractivity contribution >= 4 is 63.3 Å². The zero-order chi connectivity index (χ0) is 55.2. The molecule has 2 N–H and O–H groups in total. The first-order chi connectivity index (χ1) is 36.0. The Kier molecular flexibility index (Phi) is 19.3. The van der Waals surface area contributed by atoms with E-state index < -0.39 is 16.1 Å². The van der Waals surface area contributed by atoms with Crippen molar-refractivity contribution in [2.75, 3.05) is 28.4 Å². The van der Waals surface area contributed by atoms with Crippen LogP contribution in [-0.2, 0) is 83.3 Å². The average molecular weight is 1120 g/mol. The van der Waals surface area contributed by atoms with E-state index in [-0.39, 0.29) is 69.0 Å². The van der Waals surface area contributed by atoms with Crippen LogP contribution in [0.1, 0.15) is 115 Å². The summed E-state index contributed by atoms with van der Waals surface area (Å²) in [6.07, 6.45) is 5.87. The molecular weight excluding hydrogens is 1050 g/mol. The second-order valence-corrected chi connectivity index (χ2v) is 30.9. The molecule has 5 heterocycles. The van der Waals surface area contributed by atoms with E-state index in [0.29, 0.717) is 48.5 Å². The van der Waals surface area contributed by atoms with Crippen LogP contribution in [0.15, 0.2) is 48.5 Å². The Hall–Kier alpha value is -6.90. The standard InChI is InChI=1S/C62H70N4O8Si2.Zn/c1-37-45(21-25-53(67)71-5)49-35-50-47(23-27-55(69)73-7)39(3)61(65-50)58(44-20-16-18-42(34-44)30-32-76(12,13)14)62-40(4)48(24-28-56(70)74-8)52(66-62)36-51-46(22-26-54(68)72-6)38(2)60(64-51)57(59(37)63-49)43-19-15-17-41(33-43)29-31-75(9,10)11;/h15-20,33-36,63,66H,21-28H2,1-14H3;/q-2;+2/b49-35-,50-35?,51-36?,52-36-,59-57-,60-57?,61-58?,62-58-;. The molecule has 0 atom stereocenters. The molecular formula is C62H70N4O8Si2Zn. The number of ether oxygens (including phenoxy) is 4. The maximum absolute atomic E-state index is 13.0.